The van der Waals surface area contributed by atoms with E-state index < -0.39 is 19.8 Å². The Morgan fingerprint density at radius 2 is 1.48 bits per heavy atom. The van der Waals surface area contributed by atoms with Gasteiger partial charge in [0.15, 0.2) is 5.56 Å². The van der Waals surface area contributed by atoms with Gasteiger partial charge in [0.25, 0.3) is 13.9 Å². The van der Waals surface area contributed by atoms with Crippen molar-refractivity contribution in [2.45, 2.75) is 84.5 Å². The molecule has 0 saturated carbocycles. The molecule has 7 rings (SSSR count). The summed E-state index contributed by atoms with van der Waals surface area (Å²) in [5, 5.41) is 2.35. The minimum Gasteiger partial charge on any atom is -0.497 e. The van der Waals surface area contributed by atoms with E-state index in [9.17, 15) is 9.59 Å². The van der Waals surface area contributed by atoms with E-state index >= 15 is 0 Å². The molecule has 1 aliphatic rings. The van der Waals surface area contributed by atoms with Gasteiger partial charge in [-0.3, -0.25) is 4.79 Å². The maximum Gasteiger partial charge on any atom is 0.347 e. The third-order valence-electron chi connectivity index (χ3n) is 11.8. The van der Waals surface area contributed by atoms with Gasteiger partial charge in [0.2, 0.25) is 0 Å². The number of esters is 1. The van der Waals surface area contributed by atoms with Crippen molar-refractivity contribution in [3.8, 4) is 28.6 Å². The molecule has 0 amide bonds. The molecule has 61 heavy (non-hydrogen) atoms. The van der Waals surface area contributed by atoms with Gasteiger partial charge in [-0.05, 0) is 65.7 Å². The number of hydrogen-bond donors (Lipinski definition) is 0. The van der Waals surface area contributed by atoms with Gasteiger partial charge >= 0.3 is 5.97 Å². The largest absolute Gasteiger partial charge is 0.497 e. The molecule has 2 heterocycles. The Hall–Kier alpha value is -5.91. The molecule has 11 heteroatoms. The van der Waals surface area contributed by atoms with Crippen LogP contribution >= 0.6 is 0 Å². The SMILES string of the molecule is CCn1c(CCCO[Si](c2ccccc2)(c2ccccc2)C(C)(C)C)nc2c1CCCc1c(OCc3ccccc3)c(C(=O)OC)c(=O)n(Cc3ccc(OC)cc3OC)c1-2. The molecular formula is C50H57N3O7Si. The highest BCUT2D eigenvalue weighted by Gasteiger charge is 2.50. The Morgan fingerprint density at radius 3 is 2.07 bits per heavy atom. The van der Waals surface area contributed by atoms with Crippen molar-refractivity contribution in [2.24, 2.45) is 0 Å². The summed E-state index contributed by atoms with van der Waals surface area (Å²) in [6.07, 6.45) is 3.47. The van der Waals surface area contributed by atoms with E-state index in [1.54, 1.807) is 24.9 Å². The monoisotopic (exact) mass is 839 g/mol. The minimum atomic E-state index is -2.73. The summed E-state index contributed by atoms with van der Waals surface area (Å²) in [5.74, 6) is 1.60. The van der Waals surface area contributed by atoms with Gasteiger partial charge in [-0.25, -0.2) is 9.78 Å². The molecule has 0 fully saturated rings. The van der Waals surface area contributed by atoms with Crippen LogP contribution in [0.1, 0.15) is 79.1 Å². The fourth-order valence-corrected chi connectivity index (χ4v) is 13.5. The number of fused-ring (bicyclic) bond motifs is 3. The highest BCUT2D eigenvalue weighted by atomic mass is 28.4. The number of nitrogens with zero attached hydrogens (tertiary/aromatic N) is 3. The minimum absolute atomic E-state index is 0.109. The topological polar surface area (TPSA) is 103 Å². The smallest absolute Gasteiger partial charge is 0.347 e. The van der Waals surface area contributed by atoms with Crippen LogP contribution in [0.5, 0.6) is 17.2 Å². The van der Waals surface area contributed by atoms with E-state index in [0.29, 0.717) is 43.2 Å². The molecular weight excluding hydrogens is 783 g/mol. The van der Waals surface area contributed by atoms with Crippen LogP contribution in [0.25, 0.3) is 11.4 Å². The molecule has 0 bridgehead atoms. The van der Waals surface area contributed by atoms with Crippen LogP contribution < -0.4 is 30.1 Å². The summed E-state index contributed by atoms with van der Waals surface area (Å²) < 4.78 is 34.4. The first-order chi connectivity index (χ1) is 29.6. The zero-order chi connectivity index (χ0) is 43.1. The van der Waals surface area contributed by atoms with E-state index in [2.05, 4.69) is 92.9 Å². The van der Waals surface area contributed by atoms with E-state index in [1.807, 2.05) is 42.5 Å². The second-order valence-corrected chi connectivity index (χ2v) is 20.7. The zero-order valence-electron chi connectivity index (χ0n) is 36.5. The highest BCUT2D eigenvalue weighted by Crippen LogP contribution is 2.40. The Labute approximate surface area is 360 Å². The number of carbonyl (C=O) groups excluding carboxylic acids is 1. The molecule has 6 aromatic rings. The lowest BCUT2D eigenvalue weighted by atomic mass is 10.0. The molecule has 1 aliphatic carbocycles. The van der Waals surface area contributed by atoms with Crippen LogP contribution in [0.4, 0.5) is 0 Å². The normalized spacial score (nSPS) is 12.6. The number of methoxy groups -OCH3 is 3. The molecule has 0 radical (unpaired) electrons. The van der Waals surface area contributed by atoms with E-state index in [-0.39, 0.29) is 29.5 Å². The number of carbonyl (C=O) groups is 1. The van der Waals surface area contributed by atoms with Crippen LogP contribution in [0.3, 0.4) is 0 Å². The first-order valence-electron chi connectivity index (χ1n) is 21.2. The third-order valence-corrected chi connectivity index (χ3v) is 16.8. The number of hydrogen-bond acceptors (Lipinski definition) is 8. The van der Waals surface area contributed by atoms with Crippen molar-refractivity contribution < 1.29 is 28.2 Å². The molecule has 0 aliphatic heterocycles. The van der Waals surface area contributed by atoms with Gasteiger partial charge in [0.05, 0.1) is 33.6 Å². The number of benzene rings is 4. The molecule has 0 atom stereocenters. The first kappa shape index (κ1) is 43.2. The standard InChI is InChI=1S/C50H57N3O7Si/c1-8-52-41-27-18-26-40-46(45(41)51-43(52)28-19-31-60-61(50(2,3)4,38-22-14-10-15-23-38)39-24-16-11-17-25-39)53(33-36-29-30-37(56-5)32-42(36)57-6)48(54)44(49(55)58-7)47(40)59-34-35-20-12-9-13-21-35/h9-17,20-25,29-30,32H,8,18-19,26-28,31,33-34H2,1-7H3. The van der Waals surface area contributed by atoms with Gasteiger partial charge in [-0.1, -0.05) is 112 Å². The number of aromatic nitrogens is 3. The summed E-state index contributed by atoms with van der Waals surface area (Å²) in [4.78, 5) is 34.1. The lowest BCUT2D eigenvalue weighted by molar-refractivity contribution is 0.0592. The van der Waals surface area contributed by atoms with Crippen molar-refractivity contribution >= 4 is 24.7 Å². The molecule has 0 saturated heterocycles. The van der Waals surface area contributed by atoms with Crippen molar-refractivity contribution in [1.29, 1.82) is 0 Å². The Morgan fingerprint density at radius 1 is 0.820 bits per heavy atom. The van der Waals surface area contributed by atoms with Gasteiger partial charge in [0.1, 0.15) is 35.4 Å². The van der Waals surface area contributed by atoms with Crippen LogP contribution in [0.2, 0.25) is 5.04 Å². The second-order valence-electron chi connectivity index (χ2n) is 16.4. The number of ether oxygens (including phenoxy) is 4. The molecule has 0 spiro atoms. The summed E-state index contributed by atoms with van der Waals surface area (Å²) in [7, 11) is 1.75. The van der Waals surface area contributed by atoms with Crippen molar-refractivity contribution in [3.05, 3.63) is 153 Å². The van der Waals surface area contributed by atoms with Crippen molar-refractivity contribution in [2.75, 3.05) is 27.9 Å². The maximum absolute atomic E-state index is 15.0. The zero-order valence-corrected chi connectivity index (χ0v) is 37.5. The molecule has 318 valence electrons. The molecule has 0 unspecified atom stereocenters. The molecule has 10 nitrogen and oxygen atoms in total. The fraction of sp³-hybridized carbons (Fsp3) is 0.340. The number of aryl methyl sites for hydroxylation is 1. The van der Waals surface area contributed by atoms with Crippen LogP contribution in [0, 0.1) is 0 Å². The van der Waals surface area contributed by atoms with Crippen LogP contribution in [-0.2, 0) is 48.1 Å². The molecule has 0 N–H and O–H groups in total. The Balaban J connectivity index is 1.33. The van der Waals surface area contributed by atoms with Crippen LogP contribution in [0.15, 0.2) is 114 Å². The van der Waals surface area contributed by atoms with Gasteiger partial charge in [-0.2, -0.15) is 0 Å². The third kappa shape index (κ3) is 8.54. The van der Waals surface area contributed by atoms with E-state index in [4.69, 9.17) is 28.4 Å². The Bertz CT molecular complexity index is 2470. The van der Waals surface area contributed by atoms with E-state index in [1.165, 1.54) is 17.5 Å². The fourth-order valence-electron chi connectivity index (χ4n) is 8.93. The number of pyridine rings is 1. The summed E-state index contributed by atoms with van der Waals surface area (Å²) in [6.45, 7) is 10.5. The Kier molecular flexibility index (Phi) is 13.3. The molecule has 4 aromatic carbocycles. The predicted molar refractivity (Wildman–Crippen MR) is 242 cm³/mol. The van der Waals surface area contributed by atoms with Crippen LogP contribution in [-0.4, -0.2) is 56.3 Å². The van der Waals surface area contributed by atoms with Gasteiger partial charge < -0.3 is 32.5 Å². The van der Waals surface area contributed by atoms with Crippen molar-refractivity contribution in [1.82, 2.24) is 14.1 Å². The molecule has 2 aromatic heterocycles. The summed E-state index contributed by atoms with van der Waals surface area (Å²) >= 11 is 0. The highest BCUT2D eigenvalue weighted by molar-refractivity contribution is 6.99. The quantitative estimate of drug-likeness (QED) is 0.0547. The predicted octanol–water partition coefficient (Wildman–Crippen LogP) is 8.16. The van der Waals surface area contributed by atoms with E-state index in [0.717, 1.165) is 53.2 Å². The van der Waals surface area contributed by atoms with Crippen molar-refractivity contribution in [3.63, 3.8) is 0 Å². The second kappa shape index (κ2) is 18.8. The first-order valence-corrected chi connectivity index (χ1v) is 23.1. The van der Waals surface area contributed by atoms with Gasteiger partial charge in [-0.15, -0.1) is 0 Å². The maximum atomic E-state index is 15.0. The average Bonchev–Trinajstić information content (AvgIpc) is 3.52. The summed E-state index contributed by atoms with van der Waals surface area (Å²) in [5.41, 5.74) is 4.16. The lowest BCUT2D eigenvalue weighted by Crippen LogP contribution is -2.66. The number of rotatable bonds is 16. The summed E-state index contributed by atoms with van der Waals surface area (Å²) in [6, 6.07) is 36.6. The number of imidazole rings is 1. The van der Waals surface area contributed by atoms with Gasteiger partial charge in [0, 0.05) is 42.5 Å². The lowest BCUT2D eigenvalue weighted by Gasteiger charge is -2.43. The average molecular weight is 840 g/mol.